The first-order valence-electron chi connectivity index (χ1n) is 6.60. The molecule has 105 valence electrons. The zero-order chi connectivity index (χ0) is 12.4. The quantitative estimate of drug-likeness (QED) is 0.606. The van der Waals surface area contributed by atoms with E-state index in [2.05, 4.69) is 52.0 Å². The van der Waals surface area contributed by atoms with Crippen LogP contribution in [0.25, 0.3) is 0 Å². The summed E-state index contributed by atoms with van der Waals surface area (Å²) < 4.78 is 3.49. The molecule has 2 aliphatic carbocycles. The molecule has 0 aliphatic heterocycles. The van der Waals surface area contributed by atoms with E-state index in [1.807, 2.05) is 0 Å². The molecule has 0 unspecified atom stereocenters. The molecule has 0 saturated carbocycles. The third-order valence-electron chi connectivity index (χ3n) is 3.40. The molecule has 2 rings (SSSR count). The van der Waals surface area contributed by atoms with Crippen LogP contribution in [0.5, 0.6) is 0 Å². The molecule has 0 N–H and O–H groups in total. The smallest absolute Gasteiger partial charge is 1.00 e. The third-order valence-corrected chi connectivity index (χ3v) is 5.62. The molecular formula is C16H22Cl2V. The molecule has 0 nitrogen and oxygen atoms in total. The number of rotatable bonds is 4. The predicted molar refractivity (Wildman–Crippen MR) is 71.2 cm³/mol. The summed E-state index contributed by atoms with van der Waals surface area (Å²) in [5.41, 5.74) is 3.24. The number of allylic oxidation sites excluding steroid dienone is 8. The van der Waals surface area contributed by atoms with Gasteiger partial charge >= 0.3 is 113 Å². The maximum absolute atomic E-state index is 2.35. The Balaban J connectivity index is 0.00000162. The van der Waals surface area contributed by atoms with E-state index >= 15 is 0 Å². The van der Waals surface area contributed by atoms with Crippen molar-refractivity contribution in [3.8, 4) is 0 Å². The maximum Gasteiger partial charge on any atom is -1.00 e. The van der Waals surface area contributed by atoms with Crippen LogP contribution in [-0.2, 0) is 16.3 Å². The van der Waals surface area contributed by atoms with Crippen molar-refractivity contribution in [1.29, 1.82) is 0 Å². The minimum atomic E-state index is 0. The first kappa shape index (κ1) is 19.1. The van der Waals surface area contributed by atoms with Gasteiger partial charge in [0.2, 0.25) is 0 Å². The minimum absolute atomic E-state index is 0. The number of halogens is 2. The summed E-state index contributed by atoms with van der Waals surface area (Å²) in [6, 6.07) is 0. The Kier molecular flexibility index (Phi) is 8.47. The summed E-state index contributed by atoms with van der Waals surface area (Å²) in [4.78, 5) is 0. The molecule has 2 aliphatic rings. The Morgan fingerprint density at radius 1 is 0.789 bits per heavy atom. The van der Waals surface area contributed by atoms with Crippen LogP contribution in [-0.4, -0.2) is 0 Å². The van der Waals surface area contributed by atoms with Crippen molar-refractivity contribution in [3.05, 3.63) is 44.0 Å². The van der Waals surface area contributed by atoms with E-state index in [-0.39, 0.29) is 41.1 Å². The average Bonchev–Trinajstić information content (AvgIpc) is 2.86. The molecule has 3 heteroatoms. The van der Waals surface area contributed by atoms with E-state index in [0.29, 0.717) is 11.8 Å². The Bertz CT molecular complexity index is 386. The largest absolute Gasteiger partial charge is 1.00 e. The van der Waals surface area contributed by atoms with Crippen molar-refractivity contribution >= 4 is 0 Å². The molecule has 0 atom stereocenters. The second-order valence-electron chi connectivity index (χ2n) is 5.44. The summed E-state index contributed by atoms with van der Waals surface area (Å²) in [6.45, 7) is 9.26. The fourth-order valence-electron chi connectivity index (χ4n) is 2.46. The molecule has 0 saturated heterocycles. The number of hydrogen-bond acceptors (Lipinski definition) is 0. The van der Waals surface area contributed by atoms with Gasteiger partial charge in [-0.25, -0.2) is 0 Å². The molecule has 0 aromatic carbocycles. The van der Waals surface area contributed by atoms with Crippen LogP contribution in [0.4, 0.5) is 0 Å². The van der Waals surface area contributed by atoms with E-state index in [0.717, 1.165) is 0 Å². The van der Waals surface area contributed by atoms with Gasteiger partial charge in [0.05, 0.1) is 0 Å². The summed E-state index contributed by atoms with van der Waals surface area (Å²) in [5, 5.41) is 0. The van der Waals surface area contributed by atoms with Crippen molar-refractivity contribution in [1.82, 2.24) is 0 Å². The zero-order valence-electron chi connectivity index (χ0n) is 12.1. The predicted octanol–water partition coefficient (Wildman–Crippen LogP) is -1.18. The van der Waals surface area contributed by atoms with Crippen LogP contribution in [0.2, 0.25) is 0 Å². The van der Waals surface area contributed by atoms with Gasteiger partial charge in [-0.1, -0.05) is 0 Å². The van der Waals surface area contributed by atoms with Gasteiger partial charge in [0.15, 0.2) is 0 Å². The summed E-state index contributed by atoms with van der Waals surface area (Å²) in [5.74, 6) is 1.38. The molecule has 0 amide bonds. The number of hydrogen-bond donors (Lipinski definition) is 0. The van der Waals surface area contributed by atoms with Crippen LogP contribution in [0.3, 0.4) is 0 Å². The summed E-state index contributed by atoms with van der Waals surface area (Å²) in [6.07, 6.45) is 11.8. The second-order valence-corrected chi connectivity index (χ2v) is 7.47. The fraction of sp³-hybridized carbons (Fsp3) is 0.500. The molecule has 0 spiro atoms. The molecule has 0 aromatic rings. The van der Waals surface area contributed by atoms with E-state index in [9.17, 15) is 0 Å². The normalized spacial score (nSPS) is 17.2. The Morgan fingerprint density at radius 3 is 1.47 bits per heavy atom. The molecular weight excluding hydrogens is 314 g/mol. The van der Waals surface area contributed by atoms with Gasteiger partial charge in [-0.05, 0) is 0 Å². The first-order chi connectivity index (χ1) is 8.09. The summed E-state index contributed by atoms with van der Waals surface area (Å²) in [7, 11) is 0. The van der Waals surface area contributed by atoms with E-state index in [1.165, 1.54) is 12.8 Å². The fourth-order valence-corrected chi connectivity index (χ4v) is 5.02. The maximum atomic E-state index is 2.35. The third kappa shape index (κ3) is 4.57. The van der Waals surface area contributed by atoms with Gasteiger partial charge in [0, 0.05) is 0 Å². The molecule has 19 heavy (non-hydrogen) atoms. The Morgan fingerprint density at radius 2 is 1.16 bits per heavy atom. The minimum Gasteiger partial charge on any atom is -1.00 e. The molecule has 0 fully saturated rings. The van der Waals surface area contributed by atoms with Gasteiger partial charge in [-0.15, -0.1) is 0 Å². The van der Waals surface area contributed by atoms with Gasteiger partial charge in [0.25, 0.3) is 0 Å². The second kappa shape index (κ2) is 8.42. The van der Waals surface area contributed by atoms with Crippen LogP contribution in [0.1, 0.15) is 40.5 Å². The van der Waals surface area contributed by atoms with E-state index < -0.39 is 0 Å². The van der Waals surface area contributed by atoms with Gasteiger partial charge in [0.1, 0.15) is 0 Å². The van der Waals surface area contributed by atoms with Crippen molar-refractivity contribution in [3.63, 3.8) is 0 Å². The van der Waals surface area contributed by atoms with E-state index in [4.69, 9.17) is 0 Å². The SMILES string of the molecule is CC(C)C1=[C]([V+2][C]2=C(C(C)C)C=CC2)CC=C1.[Cl-].[Cl-]. The van der Waals surface area contributed by atoms with Crippen molar-refractivity contribution in [2.45, 2.75) is 40.5 Å². The van der Waals surface area contributed by atoms with Crippen molar-refractivity contribution in [2.75, 3.05) is 0 Å². The molecule has 0 heterocycles. The molecule has 0 aromatic heterocycles. The standard InChI is InChI=1S/2C8H11.2ClH.V/c2*1-7(2)8-5-3-4-6-8;;;/h2*3,5,7H,4H2,1-2H3;2*1H;/q;;;;+2/p-2. The van der Waals surface area contributed by atoms with Crippen molar-refractivity contribution in [2.24, 2.45) is 11.8 Å². The first-order valence-corrected chi connectivity index (χ1v) is 8.00. The van der Waals surface area contributed by atoms with Crippen molar-refractivity contribution < 1.29 is 41.1 Å². The Hall–Kier alpha value is 0.124. The average molecular weight is 336 g/mol. The summed E-state index contributed by atoms with van der Waals surface area (Å²) >= 11 is 0.266. The van der Waals surface area contributed by atoms with Crippen LogP contribution in [0, 0.1) is 11.8 Å². The van der Waals surface area contributed by atoms with Gasteiger partial charge in [-0.3, -0.25) is 0 Å². The van der Waals surface area contributed by atoms with Gasteiger partial charge in [-0.2, -0.15) is 0 Å². The zero-order valence-corrected chi connectivity index (χ0v) is 15.0. The van der Waals surface area contributed by atoms with Crippen LogP contribution >= 0.6 is 0 Å². The van der Waals surface area contributed by atoms with Gasteiger partial charge < -0.3 is 24.8 Å². The Labute approximate surface area is 137 Å². The molecule has 0 bridgehead atoms. The van der Waals surface area contributed by atoms with Crippen LogP contribution in [0.15, 0.2) is 44.0 Å². The van der Waals surface area contributed by atoms with Crippen LogP contribution < -0.4 is 24.8 Å². The topological polar surface area (TPSA) is 0 Å². The monoisotopic (exact) mass is 335 g/mol. The van der Waals surface area contributed by atoms with E-state index in [1.54, 1.807) is 19.7 Å². The molecule has 0 radical (unpaired) electrons.